The Labute approximate surface area is 165 Å². The van der Waals surface area contributed by atoms with Crippen LogP contribution in [0.25, 0.3) is 0 Å². The molecule has 1 heterocycles. The Hall–Kier alpha value is -1.63. The van der Waals surface area contributed by atoms with Crippen molar-refractivity contribution < 1.29 is 32.4 Å². The van der Waals surface area contributed by atoms with Gasteiger partial charge in [0.15, 0.2) is 10.9 Å². The zero-order valence-electron chi connectivity index (χ0n) is 17.1. The summed E-state index contributed by atoms with van der Waals surface area (Å²) >= 11 is 0. The first-order valence-corrected chi connectivity index (χ1v) is 11.1. The zero-order valence-corrected chi connectivity index (χ0v) is 18.0. The van der Waals surface area contributed by atoms with Gasteiger partial charge in [0.05, 0.1) is 19.5 Å². The molecule has 2 rings (SSSR count). The van der Waals surface area contributed by atoms with Crippen LogP contribution in [0, 0.1) is 0 Å². The molecule has 1 aromatic heterocycles. The van der Waals surface area contributed by atoms with Gasteiger partial charge in [-0.2, -0.15) is 0 Å². The van der Waals surface area contributed by atoms with Gasteiger partial charge in [0.1, 0.15) is 17.4 Å². The van der Waals surface area contributed by atoms with E-state index < -0.39 is 30.5 Å². The van der Waals surface area contributed by atoms with Crippen LogP contribution in [0.4, 0.5) is 4.79 Å². The summed E-state index contributed by atoms with van der Waals surface area (Å²) in [5.41, 5.74) is -0.742. The van der Waals surface area contributed by atoms with Crippen molar-refractivity contribution >= 4 is 19.5 Å². The van der Waals surface area contributed by atoms with E-state index in [1.807, 2.05) is 0 Å². The Morgan fingerprint density at radius 3 is 2.39 bits per heavy atom. The number of furan rings is 1. The maximum atomic E-state index is 13.9. The van der Waals surface area contributed by atoms with Crippen molar-refractivity contribution in [3.63, 3.8) is 0 Å². The van der Waals surface area contributed by atoms with Crippen LogP contribution < -0.4 is 5.32 Å². The van der Waals surface area contributed by atoms with Crippen molar-refractivity contribution in [1.29, 1.82) is 0 Å². The van der Waals surface area contributed by atoms with Gasteiger partial charge in [-0.25, -0.2) is 4.79 Å². The summed E-state index contributed by atoms with van der Waals surface area (Å²) in [6.07, 6.45) is 1.66. The fraction of sp³-hybridized carbons (Fsp3) is 0.684. The van der Waals surface area contributed by atoms with Gasteiger partial charge in [0, 0.05) is 6.42 Å². The predicted octanol–water partition coefficient (Wildman–Crippen LogP) is 4.60. The number of ether oxygens (including phenoxy) is 1. The summed E-state index contributed by atoms with van der Waals surface area (Å²) in [7, 11) is -3.94. The number of hydrogen-bond acceptors (Lipinski definition) is 7. The summed E-state index contributed by atoms with van der Waals surface area (Å²) in [5.74, 6) is 0.0101. The first-order valence-electron chi connectivity index (χ1n) is 9.55. The van der Waals surface area contributed by atoms with Crippen molar-refractivity contribution in [2.24, 2.45) is 0 Å². The largest absolute Gasteiger partial charge is 0.467 e. The maximum Gasteiger partial charge on any atom is 0.408 e. The number of Topliss-reactive ketones (excluding diaryl/α,β-unsaturated/α-hetero) is 1. The monoisotopic (exact) mass is 415 g/mol. The number of rotatable bonds is 8. The fourth-order valence-electron chi connectivity index (χ4n) is 3.54. The predicted molar refractivity (Wildman–Crippen MR) is 103 cm³/mol. The molecule has 1 aliphatic carbocycles. The smallest absolute Gasteiger partial charge is 0.408 e. The molecule has 1 fully saturated rings. The van der Waals surface area contributed by atoms with Crippen LogP contribution in [-0.2, 0) is 23.1 Å². The highest BCUT2D eigenvalue weighted by Crippen LogP contribution is 2.68. The van der Waals surface area contributed by atoms with E-state index in [-0.39, 0.29) is 31.8 Å². The molecule has 8 nitrogen and oxygen atoms in total. The highest BCUT2D eigenvalue weighted by atomic mass is 31.2. The SMILES string of the molecule is CCOP(=O)(OCC)[C@]1([C@H](NC(=O)OC(C)(C)C)c2ccco2)CCCC1=O. The zero-order chi connectivity index (χ0) is 21.0. The molecule has 9 heteroatoms. The average molecular weight is 415 g/mol. The first kappa shape index (κ1) is 22.7. The van der Waals surface area contributed by atoms with Crippen molar-refractivity contribution in [2.45, 2.75) is 70.7 Å². The van der Waals surface area contributed by atoms with Gasteiger partial charge in [0.2, 0.25) is 0 Å². The molecular weight excluding hydrogens is 385 g/mol. The minimum atomic E-state index is -3.94. The molecule has 1 aromatic rings. The van der Waals surface area contributed by atoms with Crippen LogP contribution in [-0.4, -0.2) is 35.8 Å². The molecule has 0 aromatic carbocycles. The summed E-state index contributed by atoms with van der Waals surface area (Å²) < 4.78 is 35.9. The lowest BCUT2D eigenvalue weighted by Gasteiger charge is -2.39. The molecule has 1 N–H and O–H groups in total. The second-order valence-corrected chi connectivity index (χ2v) is 9.94. The van der Waals surface area contributed by atoms with Crippen LogP contribution in [0.5, 0.6) is 0 Å². The van der Waals surface area contributed by atoms with Gasteiger partial charge < -0.3 is 23.5 Å². The summed E-state index contributed by atoms with van der Waals surface area (Å²) in [4.78, 5) is 25.7. The molecule has 1 aliphatic rings. The molecule has 0 unspecified atom stereocenters. The lowest BCUT2D eigenvalue weighted by Crippen LogP contribution is -2.50. The number of ketones is 1. The third-order valence-electron chi connectivity index (χ3n) is 4.50. The highest BCUT2D eigenvalue weighted by Gasteiger charge is 2.64. The van der Waals surface area contributed by atoms with Gasteiger partial charge in [-0.1, -0.05) is 0 Å². The van der Waals surface area contributed by atoms with Crippen LogP contribution in [0.1, 0.15) is 65.7 Å². The Morgan fingerprint density at radius 1 is 1.32 bits per heavy atom. The van der Waals surface area contributed by atoms with Crippen LogP contribution in [0.3, 0.4) is 0 Å². The van der Waals surface area contributed by atoms with E-state index in [4.69, 9.17) is 18.2 Å². The van der Waals surface area contributed by atoms with E-state index in [9.17, 15) is 14.2 Å². The van der Waals surface area contributed by atoms with E-state index in [1.54, 1.807) is 46.8 Å². The van der Waals surface area contributed by atoms with Crippen molar-refractivity contribution in [3.05, 3.63) is 24.2 Å². The van der Waals surface area contributed by atoms with E-state index in [1.165, 1.54) is 6.26 Å². The Balaban J connectivity index is 2.56. The number of carbonyl (C=O) groups excluding carboxylic acids is 2. The van der Waals surface area contributed by atoms with Gasteiger partial charge in [-0.05, 0) is 59.6 Å². The van der Waals surface area contributed by atoms with E-state index in [2.05, 4.69) is 5.32 Å². The van der Waals surface area contributed by atoms with Crippen LogP contribution in [0.15, 0.2) is 22.8 Å². The molecule has 0 radical (unpaired) electrons. The first-order chi connectivity index (χ1) is 13.1. The van der Waals surface area contributed by atoms with Crippen molar-refractivity contribution in [3.8, 4) is 0 Å². The summed E-state index contributed by atoms with van der Waals surface area (Å²) in [6.45, 7) is 8.76. The molecule has 1 amide bonds. The number of carbonyl (C=O) groups is 2. The fourth-order valence-corrected chi connectivity index (χ4v) is 6.11. The van der Waals surface area contributed by atoms with Crippen LogP contribution in [0.2, 0.25) is 0 Å². The molecular formula is C19H30NO7P. The molecule has 0 saturated heterocycles. The average Bonchev–Trinajstić information content (AvgIpc) is 3.22. The van der Waals surface area contributed by atoms with Crippen molar-refractivity contribution in [2.75, 3.05) is 13.2 Å². The van der Waals surface area contributed by atoms with Gasteiger partial charge in [-0.3, -0.25) is 9.36 Å². The number of alkyl carbamates (subject to hydrolysis) is 1. The highest BCUT2D eigenvalue weighted by molar-refractivity contribution is 7.57. The standard InChI is InChI=1S/C19H30NO7P/c1-6-25-28(23,26-7-2)19(12-8-11-15(19)21)16(14-10-9-13-24-14)20-17(22)27-18(3,4)5/h9-10,13,16H,6-8,11-12H2,1-5H3,(H,20,22)/t16-,19-/m1/s1. The second kappa shape index (κ2) is 8.80. The molecule has 158 valence electrons. The third-order valence-corrected chi connectivity index (χ3v) is 7.40. The Morgan fingerprint density at radius 2 is 1.96 bits per heavy atom. The summed E-state index contributed by atoms with van der Waals surface area (Å²) in [6, 6.07) is 2.21. The summed E-state index contributed by atoms with van der Waals surface area (Å²) in [5, 5.41) is 1.13. The quantitative estimate of drug-likeness (QED) is 0.619. The Kier molecular flexibility index (Phi) is 7.12. The van der Waals surface area contributed by atoms with Crippen molar-refractivity contribution in [1.82, 2.24) is 5.32 Å². The molecule has 0 aliphatic heterocycles. The maximum absolute atomic E-state index is 13.9. The molecule has 0 bridgehead atoms. The van der Waals surface area contributed by atoms with Gasteiger partial charge in [0.25, 0.3) is 0 Å². The lowest BCUT2D eigenvalue weighted by molar-refractivity contribution is -0.121. The van der Waals surface area contributed by atoms with Crippen LogP contribution >= 0.6 is 7.60 Å². The molecule has 1 saturated carbocycles. The van der Waals surface area contributed by atoms with E-state index in [0.29, 0.717) is 12.2 Å². The number of hydrogen-bond donors (Lipinski definition) is 1. The number of amides is 1. The normalized spacial score (nSPS) is 21.5. The minimum Gasteiger partial charge on any atom is -0.467 e. The number of nitrogens with one attached hydrogen (secondary N) is 1. The molecule has 2 atom stereocenters. The second-order valence-electron chi connectivity index (χ2n) is 7.63. The van der Waals surface area contributed by atoms with E-state index >= 15 is 0 Å². The Bertz CT molecular complexity index is 715. The molecule has 28 heavy (non-hydrogen) atoms. The lowest BCUT2D eigenvalue weighted by atomic mass is 9.93. The van der Waals surface area contributed by atoms with Gasteiger partial charge in [-0.15, -0.1) is 0 Å². The van der Waals surface area contributed by atoms with E-state index in [0.717, 1.165) is 0 Å². The topological polar surface area (TPSA) is 104 Å². The third kappa shape index (κ3) is 4.50. The molecule has 0 spiro atoms. The van der Waals surface area contributed by atoms with Gasteiger partial charge >= 0.3 is 13.7 Å². The minimum absolute atomic E-state index is 0.101.